The van der Waals surface area contributed by atoms with Crippen LogP contribution in [0.4, 0.5) is 0 Å². The number of nitrogens with one attached hydrogen (secondary N) is 1. The van der Waals surface area contributed by atoms with E-state index in [1.807, 2.05) is 37.3 Å². The van der Waals surface area contributed by atoms with Crippen LogP contribution < -0.4 is 5.32 Å². The van der Waals surface area contributed by atoms with Crippen LogP contribution in [0.25, 0.3) is 15.8 Å². The molecule has 4 heteroatoms. The fourth-order valence-electron chi connectivity index (χ4n) is 3.19. The monoisotopic (exact) mass is 378 g/mol. The van der Waals surface area contributed by atoms with Gasteiger partial charge < -0.3 is 5.32 Å². The molecule has 3 aromatic rings. The van der Waals surface area contributed by atoms with Crippen LogP contribution in [-0.2, 0) is 0 Å². The summed E-state index contributed by atoms with van der Waals surface area (Å²) < 4.78 is 1.15. The molecule has 0 unspecified atom stereocenters. The van der Waals surface area contributed by atoms with Crippen molar-refractivity contribution in [3.05, 3.63) is 69.9 Å². The first kappa shape index (κ1) is 19.3. The summed E-state index contributed by atoms with van der Waals surface area (Å²) in [6, 6.07) is 13.7. The molecule has 0 aliphatic heterocycles. The fraction of sp³-hybridized carbons (Fsp3) is 0.304. The lowest BCUT2D eigenvalue weighted by molar-refractivity contribution is 0.105. The zero-order chi connectivity index (χ0) is 19.4. The second-order valence-electron chi connectivity index (χ2n) is 6.92. The SMILES string of the molecule is CCCCNC(C)=C(C(=O)c1ccccc1)c1nc2cc(C)cc(C)c2s1. The van der Waals surface area contributed by atoms with Crippen LogP contribution in [0, 0.1) is 13.8 Å². The third kappa shape index (κ3) is 4.28. The lowest BCUT2D eigenvalue weighted by Gasteiger charge is -2.12. The Balaban J connectivity index is 2.11. The minimum atomic E-state index is 0.0190. The molecule has 0 amide bonds. The fourth-order valence-corrected chi connectivity index (χ4v) is 4.30. The largest absolute Gasteiger partial charge is 0.388 e. The average Bonchev–Trinajstić information content (AvgIpc) is 3.06. The molecule has 0 radical (unpaired) electrons. The standard InChI is InChI=1S/C23H26N2OS/c1-5-6-12-24-17(4)20(21(26)18-10-8-7-9-11-18)23-25-19-14-15(2)13-16(3)22(19)27-23/h7-11,13-14,24H,5-6,12H2,1-4H3. The second kappa shape index (κ2) is 8.49. The lowest BCUT2D eigenvalue weighted by atomic mass is 10.0. The molecule has 0 aliphatic carbocycles. The van der Waals surface area contributed by atoms with Crippen LogP contribution in [0.2, 0.25) is 0 Å². The van der Waals surface area contributed by atoms with Gasteiger partial charge in [0.05, 0.1) is 15.8 Å². The van der Waals surface area contributed by atoms with Crippen molar-refractivity contribution in [2.45, 2.75) is 40.5 Å². The molecule has 0 saturated heterocycles. The van der Waals surface area contributed by atoms with E-state index >= 15 is 0 Å². The number of ketones is 1. The third-order valence-corrected chi connectivity index (χ3v) is 5.82. The van der Waals surface area contributed by atoms with Crippen molar-refractivity contribution in [1.82, 2.24) is 10.3 Å². The number of fused-ring (bicyclic) bond motifs is 1. The van der Waals surface area contributed by atoms with E-state index in [4.69, 9.17) is 4.98 Å². The third-order valence-electron chi connectivity index (χ3n) is 4.59. The van der Waals surface area contributed by atoms with E-state index in [-0.39, 0.29) is 5.78 Å². The van der Waals surface area contributed by atoms with Crippen LogP contribution in [0.15, 0.2) is 48.2 Å². The highest BCUT2D eigenvalue weighted by atomic mass is 32.1. The van der Waals surface area contributed by atoms with E-state index in [2.05, 4.69) is 38.2 Å². The Labute approximate surface area is 165 Å². The number of unbranched alkanes of at least 4 members (excludes halogenated alkanes) is 1. The van der Waals surface area contributed by atoms with E-state index in [0.29, 0.717) is 11.1 Å². The summed E-state index contributed by atoms with van der Waals surface area (Å²) in [5.41, 5.74) is 5.62. The van der Waals surface area contributed by atoms with Gasteiger partial charge in [-0.25, -0.2) is 4.98 Å². The van der Waals surface area contributed by atoms with Crippen LogP contribution in [0.5, 0.6) is 0 Å². The Hall–Kier alpha value is -2.46. The smallest absolute Gasteiger partial charge is 0.197 e. The predicted molar refractivity (Wildman–Crippen MR) is 115 cm³/mol. The molecule has 0 fully saturated rings. The summed E-state index contributed by atoms with van der Waals surface area (Å²) >= 11 is 1.60. The maximum atomic E-state index is 13.3. The quantitative estimate of drug-likeness (QED) is 0.315. The van der Waals surface area contributed by atoms with Gasteiger partial charge in [-0.3, -0.25) is 4.79 Å². The highest BCUT2D eigenvalue weighted by Crippen LogP contribution is 2.33. The van der Waals surface area contributed by atoms with Crippen molar-refractivity contribution >= 4 is 32.9 Å². The number of aryl methyl sites for hydroxylation is 2. The lowest BCUT2D eigenvalue weighted by Crippen LogP contribution is -2.17. The molecule has 3 rings (SSSR count). The molecule has 3 nitrogen and oxygen atoms in total. The van der Waals surface area contributed by atoms with E-state index in [0.717, 1.165) is 40.3 Å². The van der Waals surface area contributed by atoms with Crippen molar-refractivity contribution in [3.8, 4) is 0 Å². The van der Waals surface area contributed by atoms with E-state index in [1.54, 1.807) is 11.3 Å². The van der Waals surface area contributed by atoms with Gasteiger partial charge in [-0.05, 0) is 44.4 Å². The first-order valence-corrected chi connectivity index (χ1v) is 10.3. The number of allylic oxidation sites excluding steroid dienone is 2. The number of nitrogens with zero attached hydrogens (tertiary/aromatic N) is 1. The summed E-state index contributed by atoms with van der Waals surface area (Å²) in [7, 11) is 0. The summed E-state index contributed by atoms with van der Waals surface area (Å²) in [5, 5.41) is 4.21. The van der Waals surface area contributed by atoms with E-state index < -0.39 is 0 Å². The van der Waals surface area contributed by atoms with Gasteiger partial charge in [0, 0.05) is 17.8 Å². The van der Waals surface area contributed by atoms with Gasteiger partial charge >= 0.3 is 0 Å². The maximum Gasteiger partial charge on any atom is 0.197 e. The van der Waals surface area contributed by atoms with Gasteiger partial charge in [-0.2, -0.15) is 0 Å². The molecule has 1 aromatic heterocycles. The summed E-state index contributed by atoms with van der Waals surface area (Å²) in [6.45, 7) is 9.18. The van der Waals surface area contributed by atoms with Crippen molar-refractivity contribution in [2.75, 3.05) is 6.54 Å². The molecular weight excluding hydrogens is 352 g/mol. The molecule has 1 N–H and O–H groups in total. The number of hydrogen-bond acceptors (Lipinski definition) is 4. The molecule has 0 bridgehead atoms. The van der Waals surface area contributed by atoms with Crippen LogP contribution in [0.1, 0.15) is 53.2 Å². The topological polar surface area (TPSA) is 42.0 Å². The molecule has 140 valence electrons. The van der Waals surface area contributed by atoms with Crippen molar-refractivity contribution in [2.24, 2.45) is 0 Å². The van der Waals surface area contributed by atoms with Gasteiger partial charge in [-0.15, -0.1) is 11.3 Å². The Morgan fingerprint density at radius 1 is 1.15 bits per heavy atom. The van der Waals surface area contributed by atoms with Gasteiger partial charge in [0.1, 0.15) is 5.01 Å². The minimum Gasteiger partial charge on any atom is -0.388 e. The molecule has 0 saturated carbocycles. The van der Waals surface area contributed by atoms with Crippen LogP contribution in [-0.4, -0.2) is 17.3 Å². The van der Waals surface area contributed by atoms with Gasteiger partial charge in [0.25, 0.3) is 0 Å². The van der Waals surface area contributed by atoms with Gasteiger partial charge in [-0.1, -0.05) is 49.7 Å². The second-order valence-corrected chi connectivity index (χ2v) is 7.92. The number of thiazole rings is 1. The zero-order valence-electron chi connectivity index (χ0n) is 16.4. The molecule has 27 heavy (non-hydrogen) atoms. The Bertz CT molecular complexity index is 986. The Kier molecular flexibility index (Phi) is 6.07. The molecule has 2 aromatic carbocycles. The van der Waals surface area contributed by atoms with Crippen molar-refractivity contribution in [1.29, 1.82) is 0 Å². The van der Waals surface area contributed by atoms with Crippen LogP contribution in [0.3, 0.4) is 0 Å². The zero-order valence-corrected chi connectivity index (χ0v) is 17.2. The molecule has 0 atom stereocenters. The van der Waals surface area contributed by atoms with E-state index in [9.17, 15) is 4.79 Å². The van der Waals surface area contributed by atoms with Gasteiger partial charge in [0.15, 0.2) is 5.78 Å². The van der Waals surface area contributed by atoms with Gasteiger partial charge in [0.2, 0.25) is 0 Å². The number of benzene rings is 2. The molecular formula is C23H26N2OS. The number of carbonyl (C=O) groups is 1. The summed E-state index contributed by atoms with van der Waals surface area (Å²) in [6.07, 6.45) is 2.18. The normalized spacial score (nSPS) is 12.1. The van der Waals surface area contributed by atoms with E-state index in [1.165, 1.54) is 11.1 Å². The summed E-state index contributed by atoms with van der Waals surface area (Å²) in [4.78, 5) is 18.1. The minimum absolute atomic E-state index is 0.0190. The Morgan fingerprint density at radius 2 is 1.89 bits per heavy atom. The molecule has 1 heterocycles. The van der Waals surface area contributed by atoms with Crippen LogP contribution >= 0.6 is 11.3 Å². The first-order valence-electron chi connectivity index (χ1n) is 9.44. The molecule has 0 spiro atoms. The Morgan fingerprint density at radius 3 is 2.59 bits per heavy atom. The number of carbonyl (C=O) groups excluding carboxylic acids is 1. The summed E-state index contributed by atoms with van der Waals surface area (Å²) in [5.74, 6) is 0.0190. The number of aromatic nitrogens is 1. The highest BCUT2D eigenvalue weighted by Gasteiger charge is 2.21. The molecule has 0 aliphatic rings. The van der Waals surface area contributed by atoms with Crippen molar-refractivity contribution < 1.29 is 4.79 Å². The predicted octanol–water partition coefficient (Wildman–Crippen LogP) is 5.92. The number of hydrogen-bond donors (Lipinski definition) is 1. The number of Topliss-reactive ketones (excluding diaryl/α,β-unsaturated/α-hetero) is 1. The first-order chi connectivity index (χ1) is 13.0. The maximum absolute atomic E-state index is 13.3. The average molecular weight is 379 g/mol. The highest BCUT2D eigenvalue weighted by molar-refractivity contribution is 7.20. The number of rotatable bonds is 7. The van der Waals surface area contributed by atoms with Crippen molar-refractivity contribution in [3.63, 3.8) is 0 Å².